The van der Waals surface area contributed by atoms with Crippen molar-refractivity contribution in [2.45, 2.75) is 45.1 Å². The maximum atomic E-state index is 11.6. The van der Waals surface area contributed by atoms with Crippen LogP contribution in [0.1, 0.15) is 39.0 Å². The Labute approximate surface area is 103 Å². The fourth-order valence-corrected chi connectivity index (χ4v) is 4.12. The number of rotatable bonds is 0. The lowest BCUT2D eigenvalue weighted by Gasteiger charge is -2.49. The molecule has 2 saturated carbocycles. The van der Waals surface area contributed by atoms with Gasteiger partial charge in [-0.25, -0.2) is 4.79 Å². The Bertz CT molecular complexity index is 409. The van der Waals surface area contributed by atoms with E-state index < -0.39 is 0 Å². The van der Waals surface area contributed by atoms with E-state index in [1.807, 2.05) is 0 Å². The van der Waals surface area contributed by atoms with Crippen molar-refractivity contribution in [2.75, 3.05) is 0 Å². The van der Waals surface area contributed by atoms with E-state index in [1.165, 1.54) is 18.4 Å². The molecule has 3 rings (SSSR count). The molecule has 2 nitrogen and oxygen atoms in total. The normalized spacial score (nSPS) is 45.2. The zero-order chi connectivity index (χ0) is 12.2. The molecule has 3 aliphatic rings. The summed E-state index contributed by atoms with van der Waals surface area (Å²) in [5.74, 6) is 0.632. The Hall–Kier alpha value is -1.05. The average Bonchev–Trinajstić information content (AvgIpc) is 2.52. The maximum Gasteiger partial charge on any atom is 0.334 e. The highest BCUT2D eigenvalue weighted by Crippen LogP contribution is 2.56. The molecule has 0 radical (unpaired) electrons. The van der Waals surface area contributed by atoms with Gasteiger partial charge in [-0.2, -0.15) is 0 Å². The first-order valence-corrected chi connectivity index (χ1v) is 6.59. The Morgan fingerprint density at radius 2 is 2.18 bits per heavy atom. The third kappa shape index (κ3) is 1.50. The van der Waals surface area contributed by atoms with Crippen LogP contribution in [0.3, 0.4) is 0 Å². The van der Waals surface area contributed by atoms with E-state index in [0.29, 0.717) is 16.9 Å². The average molecular weight is 232 g/mol. The number of ether oxygens (including phenoxy) is 1. The Morgan fingerprint density at radius 3 is 2.94 bits per heavy atom. The van der Waals surface area contributed by atoms with E-state index in [0.717, 1.165) is 19.3 Å². The number of esters is 1. The summed E-state index contributed by atoms with van der Waals surface area (Å²) in [6, 6.07) is 0. The van der Waals surface area contributed by atoms with Crippen LogP contribution < -0.4 is 0 Å². The van der Waals surface area contributed by atoms with Crippen molar-refractivity contribution in [3.8, 4) is 0 Å². The van der Waals surface area contributed by atoms with Crippen molar-refractivity contribution in [3.63, 3.8) is 0 Å². The van der Waals surface area contributed by atoms with Gasteiger partial charge in [0.15, 0.2) is 0 Å². The smallest absolute Gasteiger partial charge is 0.334 e. The molecule has 4 atom stereocenters. The van der Waals surface area contributed by atoms with E-state index in [2.05, 4.69) is 20.1 Å². The largest absolute Gasteiger partial charge is 0.458 e. The highest BCUT2D eigenvalue weighted by molar-refractivity contribution is 5.90. The van der Waals surface area contributed by atoms with Crippen LogP contribution in [-0.2, 0) is 9.53 Å². The van der Waals surface area contributed by atoms with Crippen LogP contribution in [-0.4, -0.2) is 12.1 Å². The van der Waals surface area contributed by atoms with E-state index >= 15 is 0 Å². The van der Waals surface area contributed by atoms with Gasteiger partial charge in [-0.3, -0.25) is 0 Å². The van der Waals surface area contributed by atoms with Gasteiger partial charge in [0.1, 0.15) is 6.10 Å². The number of carbonyl (C=O) groups excluding carboxylic acids is 1. The van der Waals surface area contributed by atoms with Crippen LogP contribution in [0.2, 0.25) is 0 Å². The molecule has 0 N–H and O–H groups in total. The number of carbonyl (C=O) groups is 1. The van der Waals surface area contributed by atoms with Crippen molar-refractivity contribution in [3.05, 3.63) is 24.3 Å². The highest BCUT2D eigenvalue weighted by Gasteiger charge is 2.52. The van der Waals surface area contributed by atoms with Crippen molar-refractivity contribution in [2.24, 2.45) is 17.3 Å². The second-order valence-electron chi connectivity index (χ2n) is 6.23. The summed E-state index contributed by atoms with van der Waals surface area (Å²) in [6.07, 6.45) is 5.72. The first-order valence-electron chi connectivity index (χ1n) is 6.59. The Balaban J connectivity index is 1.91. The highest BCUT2D eigenvalue weighted by atomic mass is 16.6. The zero-order valence-corrected chi connectivity index (χ0v) is 10.5. The fourth-order valence-electron chi connectivity index (χ4n) is 4.12. The molecule has 0 aromatic carbocycles. The molecule has 1 saturated heterocycles. The SMILES string of the molecule is C=C1CCC[C@@]2(C)C[C@@H]3OC(=O)C(=C)[C@@H]3C[C@H]12. The molecule has 0 spiro atoms. The van der Waals surface area contributed by atoms with Crippen LogP contribution in [0.25, 0.3) is 0 Å². The van der Waals surface area contributed by atoms with Crippen LogP contribution in [0.4, 0.5) is 0 Å². The summed E-state index contributed by atoms with van der Waals surface area (Å²) < 4.78 is 5.46. The molecule has 1 aliphatic heterocycles. The van der Waals surface area contributed by atoms with E-state index in [1.54, 1.807) is 0 Å². The summed E-state index contributed by atoms with van der Waals surface area (Å²) in [5, 5.41) is 0. The van der Waals surface area contributed by atoms with Gasteiger partial charge >= 0.3 is 5.97 Å². The lowest BCUT2D eigenvalue weighted by molar-refractivity contribution is -0.142. The molecular weight excluding hydrogens is 212 g/mol. The quantitative estimate of drug-likeness (QED) is 0.364. The summed E-state index contributed by atoms with van der Waals surface area (Å²) in [5.41, 5.74) is 2.36. The van der Waals surface area contributed by atoms with Crippen LogP contribution in [0.15, 0.2) is 24.3 Å². The van der Waals surface area contributed by atoms with Gasteiger partial charge in [-0.1, -0.05) is 25.7 Å². The molecule has 0 aromatic rings. The fraction of sp³-hybridized carbons (Fsp3) is 0.667. The molecule has 92 valence electrons. The first kappa shape index (κ1) is 11.1. The molecule has 2 heteroatoms. The summed E-state index contributed by atoms with van der Waals surface area (Å²) in [6.45, 7) is 10.5. The number of hydrogen-bond acceptors (Lipinski definition) is 2. The molecular formula is C15H20O2. The number of allylic oxidation sites excluding steroid dienone is 1. The maximum absolute atomic E-state index is 11.6. The first-order chi connectivity index (χ1) is 8.01. The molecule has 0 aromatic heterocycles. The molecule has 0 unspecified atom stereocenters. The molecule has 3 fully saturated rings. The van der Waals surface area contributed by atoms with Crippen molar-refractivity contribution in [1.29, 1.82) is 0 Å². The molecule has 1 heterocycles. The summed E-state index contributed by atoms with van der Waals surface area (Å²) in [4.78, 5) is 11.6. The van der Waals surface area contributed by atoms with Gasteiger partial charge in [-0.05, 0) is 43.4 Å². The van der Waals surface area contributed by atoms with Crippen molar-refractivity contribution in [1.82, 2.24) is 0 Å². The molecule has 0 amide bonds. The van der Waals surface area contributed by atoms with E-state index in [9.17, 15) is 4.79 Å². The van der Waals surface area contributed by atoms with Crippen LogP contribution >= 0.6 is 0 Å². The third-order valence-electron chi connectivity index (χ3n) is 5.15. The number of fused-ring (bicyclic) bond motifs is 2. The zero-order valence-electron chi connectivity index (χ0n) is 10.5. The minimum atomic E-state index is -0.173. The molecule has 2 aliphatic carbocycles. The minimum absolute atomic E-state index is 0.0853. The lowest BCUT2D eigenvalue weighted by Crippen LogP contribution is -2.43. The third-order valence-corrected chi connectivity index (χ3v) is 5.15. The van der Waals surface area contributed by atoms with Crippen LogP contribution in [0, 0.1) is 17.3 Å². The van der Waals surface area contributed by atoms with E-state index in [-0.39, 0.29) is 18.0 Å². The van der Waals surface area contributed by atoms with E-state index in [4.69, 9.17) is 4.74 Å². The van der Waals surface area contributed by atoms with Gasteiger partial charge in [0, 0.05) is 11.5 Å². The van der Waals surface area contributed by atoms with Crippen LogP contribution in [0.5, 0.6) is 0 Å². The van der Waals surface area contributed by atoms with Gasteiger partial charge in [0.25, 0.3) is 0 Å². The topological polar surface area (TPSA) is 26.3 Å². The molecule has 0 bridgehead atoms. The van der Waals surface area contributed by atoms with Gasteiger partial charge in [0.05, 0.1) is 0 Å². The van der Waals surface area contributed by atoms with Gasteiger partial charge in [-0.15, -0.1) is 0 Å². The second kappa shape index (κ2) is 3.47. The Kier molecular flexibility index (Phi) is 2.26. The predicted octanol–water partition coefficient (Wildman–Crippen LogP) is 3.24. The monoisotopic (exact) mass is 232 g/mol. The predicted molar refractivity (Wildman–Crippen MR) is 66.3 cm³/mol. The summed E-state index contributed by atoms with van der Waals surface area (Å²) in [7, 11) is 0. The van der Waals surface area contributed by atoms with Gasteiger partial charge < -0.3 is 4.74 Å². The second-order valence-corrected chi connectivity index (χ2v) is 6.23. The molecule has 17 heavy (non-hydrogen) atoms. The number of hydrogen-bond donors (Lipinski definition) is 0. The summed E-state index contributed by atoms with van der Waals surface area (Å²) >= 11 is 0. The van der Waals surface area contributed by atoms with Crippen molar-refractivity contribution < 1.29 is 9.53 Å². The Morgan fingerprint density at radius 1 is 1.41 bits per heavy atom. The van der Waals surface area contributed by atoms with Crippen molar-refractivity contribution >= 4 is 5.97 Å². The minimum Gasteiger partial charge on any atom is -0.458 e. The lowest BCUT2D eigenvalue weighted by atomic mass is 9.56. The standard InChI is InChI=1S/C15H20O2/c1-9-5-4-6-15(3)8-13-11(7-12(9)15)10(2)14(16)17-13/h11-13H,1-2,4-8H2,3H3/t11-,12+,13-,15-/m0/s1. The van der Waals surface area contributed by atoms with Gasteiger partial charge in [0.2, 0.25) is 0 Å².